The van der Waals surface area contributed by atoms with Crippen molar-refractivity contribution in [1.29, 1.82) is 0 Å². The maximum atomic E-state index is 10.0. The van der Waals surface area contributed by atoms with Crippen LogP contribution in [0.1, 0.15) is 51.2 Å². The topological polar surface area (TPSA) is 62.4 Å². The standard InChI is InChI=1S/C15H27N3O2/c1-11(2)8-14-16-15(20-17-14)10-18(3)9-12-6-4-5-7-13(12)19/h11-13,19H,4-10H2,1-3H3. The molecule has 2 rings (SSSR count). The first-order chi connectivity index (χ1) is 9.54. The van der Waals surface area contributed by atoms with Crippen LogP contribution in [0.4, 0.5) is 0 Å². The number of aromatic nitrogens is 2. The molecule has 114 valence electrons. The summed E-state index contributed by atoms with van der Waals surface area (Å²) in [6, 6.07) is 0. The molecule has 0 spiro atoms. The van der Waals surface area contributed by atoms with Crippen LogP contribution in [0.5, 0.6) is 0 Å². The van der Waals surface area contributed by atoms with Gasteiger partial charge in [-0.05, 0) is 31.7 Å². The third-order valence-electron chi connectivity index (χ3n) is 3.92. The number of nitrogens with zero attached hydrogens (tertiary/aromatic N) is 3. The maximum Gasteiger partial charge on any atom is 0.240 e. The average Bonchev–Trinajstić information content (AvgIpc) is 2.78. The Bertz CT molecular complexity index is 406. The fourth-order valence-electron chi connectivity index (χ4n) is 2.90. The molecule has 2 unspecified atom stereocenters. The maximum absolute atomic E-state index is 10.0. The number of hydrogen-bond donors (Lipinski definition) is 1. The molecule has 1 saturated carbocycles. The van der Waals surface area contributed by atoms with E-state index in [1.165, 1.54) is 6.42 Å². The van der Waals surface area contributed by atoms with Crippen molar-refractivity contribution in [2.45, 2.75) is 58.6 Å². The fourth-order valence-corrected chi connectivity index (χ4v) is 2.90. The zero-order valence-corrected chi connectivity index (χ0v) is 12.9. The molecule has 5 heteroatoms. The van der Waals surface area contributed by atoms with Crippen molar-refractivity contribution in [3.63, 3.8) is 0 Å². The van der Waals surface area contributed by atoms with Crippen LogP contribution < -0.4 is 0 Å². The van der Waals surface area contributed by atoms with Crippen LogP contribution in [0.2, 0.25) is 0 Å². The molecule has 1 aliphatic carbocycles. The van der Waals surface area contributed by atoms with Crippen LogP contribution in [0.15, 0.2) is 4.52 Å². The fraction of sp³-hybridized carbons (Fsp3) is 0.867. The third-order valence-corrected chi connectivity index (χ3v) is 3.92. The monoisotopic (exact) mass is 281 g/mol. The van der Waals surface area contributed by atoms with Gasteiger partial charge >= 0.3 is 0 Å². The normalized spacial score (nSPS) is 23.7. The van der Waals surface area contributed by atoms with E-state index in [2.05, 4.69) is 28.9 Å². The van der Waals surface area contributed by atoms with Crippen LogP contribution in [-0.4, -0.2) is 39.8 Å². The van der Waals surface area contributed by atoms with Crippen molar-refractivity contribution >= 4 is 0 Å². The summed E-state index contributed by atoms with van der Waals surface area (Å²) in [4.78, 5) is 6.59. The van der Waals surface area contributed by atoms with Crippen LogP contribution in [0, 0.1) is 11.8 Å². The minimum atomic E-state index is -0.148. The van der Waals surface area contributed by atoms with Gasteiger partial charge in [0.05, 0.1) is 12.6 Å². The van der Waals surface area contributed by atoms with E-state index in [0.29, 0.717) is 24.3 Å². The Morgan fingerprint density at radius 1 is 1.35 bits per heavy atom. The quantitative estimate of drug-likeness (QED) is 0.866. The largest absolute Gasteiger partial charge is 0.393 e. The Morgan fingerprint density at radius 2 is 2.10 bits per heavy atom. The van der Waals surface area contributed by atoms with Gasteiger partial charge in [-0.1, -0.05) is 31.8 Å². The molecule has 0 aliphatic heterocycles. The van der Waals surface area contributed by atoms with Crippen molar-refractivity contribution in [3.05, 3.63) is 11.7 Å². The summed E-state index contributed by atoms with van der Waals surface area (Å²) in [7, 11) is 2.05. The van der Waals surface area contributed by atoms with Gasteiger partial charge < -0.3 is 9.63 Å². The number of rotatable bonds is 6. The summed E-state index contributed by atoms with van der Waals surface area (Å²) in [5.74, 6) is 2.39. The molecule has 1 N–H and O–H groups in total. The average molecular weight is 281 g/mol. The van der Waals surface area contributed by atoms with Crippen molar-refractivity contribution in [1.82, 2.24) is 15.0 Å². The summed E-state index contributed by atoms with van der Waals surface area (Å²) in [5.41, 5.74) is 0. The van der Waals surface area contributed by atoms with Gasteiger partial charge in [0.2, 0.25) is 5.89 Å². The van der Waals surface area contributed by atoms with Crippen LogP contribution in [0.3, 0.4) is 0 Å². The van der Waals surface area contributed by atoms with E-state index in [1.54, 1.807) is 0 Å². The van der Waals surface area contributed by atoms with E-state index in [1.807, 2.05) is 7.05 Å². The Balaban J connectivity index is 1.81. The molecule has 0 amide bonds. The van der Waals surface area contributed by atoms with Gasteiger partial charge in [-0.25, -0.2) is 0 Å². The van der Waals surface area contributed by atoms with E-state index in [4.69, 9.17) is 4.52 Å². The highest BCUT2D eigenvalue weighted by Crippen LogP contribution is 2.25. The Morgan fingerprint density at radius 3 is 2.80 bits per heavy atom. The summed E-state index contributed by atoms with van der Waals surface area (Å²) >= 11 is 0. The molecule has 20 heavy (non-hydrogen) atoms. The first kappa shape index (κ1) is 15.4. The number of aliphatic hydroxyl groups excluding tert-OH is 1. The highest BCUT2D eigenvalue weighted by Gasteiger charge is 2.24. The van der Waals surface area contributed by atoms with Crippen molar-refractivity contribution in [3.8, 4) is 0 Å². The Hall–Kier alpha value is -0.940. The molecule has 1 aliphatic rings. The van der Waals surface area contributed by atoms with Gasteiger partial charge in [0.1, 0.15) is 0 Å². The summed E-state index contributed by atoms with van der Waals surface area (Å²) in [6.07, 6.45) is 5.16. The molecule has 0 saturated heterocycles. The van der Waals surface area contributed by atoms with Crippen LogP contribution in [0.25, 0.3) is 0 Å². The minimum Gasteiger partial charge on any atom is -0.393 e. The molecule has 5 nitrogen and oxygen atoms in total. The lowest BCUT2D eigenvalue weighted by Gasteiger charge is -2.30. The summed E-state index contributed by atoms with van der Waals surface area (Å²) in [6.45, 7) is 5.84. The van der Waals surface area contributed by atoms with E-state index >= 15 is 0 Å². The zero-order chi connectivity index (χ0) is 14.5. The predicted molar refractivity (Wildman–Crippen MR) is 77.1 cm³/mol. The van der Waals surface area contributed by atoms with Gasteiger partial charge in [0.15, 0.2) is 5.82 Å². The van der Waals surface area contributed by atoms with E-state index in [-0.39, 0.29) is 6.10 Å². The molecular weight excluding hydrogens is 254 g/mol. The predicted octanol–water partition coefficient (Wildman–Crippen LogP) is 2.25. The Labute approximate surface area is 121 Å². The Kier molecular flexibility index (Phi) is 5.54. The van der Waals surface area contributed by atoms with Gasteiger partial charge in [-0.2, -0.15) is 4.98 Å². The van der Waals surface area contributed by atoms with Gasteiger partial charge in [-0.15, -0.1) is 0 Å². The molecule has 1 aromatic rings. The molecule has 0 bridgehead atoms. The van der Waals surface area contributed by atoms with Crippen LogP contribution in [-0.2, 0) is 13.0 Å². The molecule has 0 aromatic carbocycles. The molecular formula is C15H27N3O2. The molecule has 1 fully saturated rings. The lowest BCUT2D eigenvalue weighted by molar-refractivity contribution is 0.0484. The van der Waals surface area contributed by atoms with Crippen molar-refractivity contribution in [2.75, 3.05) is 13.6 Å². The lowest BCUT2D eigenvalue weighted by atomic mass is 9.86. The summed E-state index contributed by atoms with van der Waals surface area (Å²) in [5, 5.41) is 14.0. The summed E-state index contributed by atoms with van der Waals surface area (Å²) < 4.78 is 5.29. The SMILES string of the molecule is CC(C)Cc1noc(CN(C)CC2CCCCC2O)n1. The van der Waals surface area contributed by atoms with Crippen molar-refractivity contribution < 1.29 is 9.63 Å². The molecule has 2 atom stereocenters. The van der Waals surface area contributed by atoms with E-state index in [9.17, 15) is 5.11 Å². The lowest BCUT2D eigenvalue weighted by Crippen LogP contribution is -2.34. The van der Waals surface area contributed by atoms with Gasteiger partial charge in [0.25, 0.3) is 0 Å². The number of aliphatic hydroxyl groups is 1. The highest BCUT2D eigenvalue weighted by atomic mass is 16.5. The minimum absolute atomic E-state index is 0.148. The first-order valence-electron chi connectivity index (χ1n) is 7.72. The second kappa shape index (κ2) is 7.18. The third kappa shape index (κ3) is 4.56. The van der Waals surface area contributed by atoms with Gasteiger partial charge in [-0.3, -0.25) is 4.90 Å². The van der Waals surface area contributed by atoms with Gasteiger partial charge in [0, 0.05) is 13.0 Å². The number of hydrogen-bond acceptors (Lipinski definition) is 5. The van der Waals surface area contributed by atoms with Crippen LogP contribution >= 0.6 is 0 Å². The van der Waals surface area contributed by atoms with E-state index in [0.717, 1.165) is 38.1 Å². The highest BCUT2D eigenvalue weighted by molar-refractivity contribution is 4.88. The molecule has 1 aromatic heterocycles. The second-order valence-corrected chi connectivity index (χ2v) is 6.51. The second-order valence-electron chi connectivity index (χ2n) is 6.51. The first-order valence-corrected chi connectivity index (χ1v) is 7.72. The van der Waals surface area contributed by atoms with Crippen molar-refractivity contribution in [2.24, 2.45) is 11.8 Å². The zero-order valence-electron chi connectivity index (χ0n) is 12.9. The smallest absolute Gasteiger partial charge is 0.240 e. The molecule has 1 heterocycles. The van der Waals surface area contributed by atoms with E-state index < -0.39 is 0 Å². The molecule has 0 radical (unpaired) electrons.